The third kappa shape index (κ3) is 2.77. The molecule has 2 atom stereocenters. The van der Waals surface area contributed by atoms with Gasteiger partial charge in [0, 0.05) is 11.3 Å². The average molecular weight is 328 g/mol. The predicted octanol–water partition coefficient (Wildman–Crippen LogP) is 2.53. The van der Waals surface area contributed by atoms with Gasteiger partial charge in [-0.25, -0.2) is 8.42 Å². The molecule has 16 heavy (non-hydrogen) atoms. The standard InChI is InChI=1S/C10H12BrClO3S/c1-10(11,16(2,14)15)9(13)7-4-3-5-8(12)6-7/h3-6,9,13H,1-2H3/t9-,10-/m1/s1. The van der Waals surface area contributed by atoms with Crippen molar-refractivity contribution in [3.05, 3.63) is 34.9 Å². The molecule has 1 aromatic rings. The first-order valence-corrected chi connectivity index (χ1v) is 7.54. The van der Waals surface area contributed by atoms with Crippen LogP contribution < -0.4 is 0 Å². The maximum absolute atomic E-state index is 11.5. The molecular formula is C10H12BrClO3S. The first-order valence-electron chi connectivity index (χ1n) is 4.48. The second-order valence-electron chi connectivity index (χ2n) is 3.72. The van der Waals surface area contributed by atoms with E-state index in [1.54, 1.807) is 18.2 Å². The zero-order valence-electron chi connectivity index (χ0n) is 8.81. The molecule has 0 unspecified atom stereocenters. The molecule has 0 aromatic heterocycles. The van der Waals surface area contributed by atoms with Gasteiger partial charge < -0.3 is 5.11 Å². The Morgan fingerprint density at radius 3 is 2.50 bits per heavy atom. The predicted molar refractivity (Wildman–Crippen MR) is 68.6 cm³/mol. The van der Waals surface area contributed by atoms with Crippen LogP contribution in [0.5, 0.6) is 0 Å². The van der Waals surface area contributed by atoms with Gasteiger partial charge >= 0.3 is 0 Å². The Kier molecular flexibility index (Phi) is 4.05. The Morgan fingerprint density at radius 2 is 2.06 bits per heavy atom. The lowest BCUT2D eigenvalue weighted by Gasteiger charge is -2.26. The van der Waals surface area contributed by atoms with Gasteiger partial charge in [0.05, 0.1) is 0 Å². The third-order valence-electron chi connectivity index (χ3n) is 2.38. The minimum Gasteiger partial charge on any atom is -0.386 e. The van der Waals surface area contributed by atoms with Crippen molar-refractivity contribution in [3.8, 4) is 0 Å². The van der Waals surface area contributed by atoms with E-state index in [0.29, 0.717) is 10.6 Å². The highest BCUT2D eigenvalue weighted by molar-refractivity contribution is 9.11. The smallest absolute Gasteiger partial charge is 0.165 e. The molecule has 0 heterocycles. The van der Waals surface area contributed by atoms with Crippen molar-refractivity contribution in [2.24, 2.45) is 0 Å². The van der Waals surface area contributed by atoms with E-state index in [2.05, 4.69) is 15.9 Å². The number of alkyl halides is 1. The molecule has 0 saturated carbocycles. The molecule has 6 heteroatoms. The van der Waals surface area contributed by atoms with Gasteiger partial charge in [-0.05, 0) is 24.6 Å². The van der Waals surface area contributed by atoms with Gasteiger partial charge in [0.25, 0.3) is 0 Å². The Morgan fingerprint density at radius 1 is 1.50 bits per heavy atom. The molecule has 0 aliphatic carbocycles. The van der Waals surface area contributed by atoms with E-state index < -0.39 is 19.6 Å². The van der Waals surface area contributed by atoms with Gasteiger partial charge in [-0.1, -0.05) is 39.7 Å². The van der Waals surface area contributed by atoms with Crippen LogP contribution in [0.15, 0.2) is 24.3 Å². The van der Waals surface area contributed by atoms with E-state index in [-0.39, 0.29) is 0 Å². The quantitative estimate of drug-likeness (QED) is 0.868. The molecule has 0 saturated heterocycles. The minimum absolute atomic E-state index is 0.452. The summed E-state index contributed by atoms with van der Waals surface area (Å²) >= 11 is 8.83. The van der Waals surface area contributed by atoms with Crippen LogP contribution in [-0.4, -0.2) is 23.4 Å². The fourth-order valence-electron chi connectivity index (χ4n) is 1.18. The third-order valence-corrected chi connectivity index (χ3v) is 6.48. The average Bonchev–Trinajstić information content (AvgIpc) is 2.14. The number of sulfone groups is 1. The number of benzene rings is 1. The molecule has 0 spiro atoms. The first kappa shape index (κ1) is 14.0. The van der Waals surface area contributed by atoms with Gasteiger partial charge in [-0.2, -0.15) is 0 Å². The molecular weight excluding hydrogens is 316 g/mol. The molecule has 1 aromatic carbocycles. The van der Waals surface area contributed by atoms with E-state index in [1.165, 1.54) is 13.0 Å². The van der Waals surface area contributed by atoms with Gasteiger partial charge in [-0.3, -0.25) is 0 Å². The largest absolute Gasteiger partial charge is 0.386 e. The Labute approximate surface area is 108 Å². The van der Waals surface area contributed by atoms with Gasteiger partial charge in [-0.15, -0.1) is 0 Å². The lowest BCUT2D eigenvalue weighted by Crippen LogP contribution is -2.34. The van der Waals surface area contributed by atoms with Crippen molar-refractivity contribution < 1.29 is 13.5 Å². The summed E-state index contributed by atoms with van der Waals surface area (Å²) in [6.45, 7) is 1.41. The Hall–Kier alpha value is -0.100. The van der Waals surface area contributed by atoms with Crippen molar-refractivity contribution in [3.63, 3.8) is 0 Å². The van der Waals surface area contributed by atoms with Crippen LogP contribution in [0, 0.1) is 0 Å². The maximum Gasteiger partial charge on any atom is 0.165 e. The number of aliphatic hydroxyl groups is 1. The normalized spacial score (nSPS) is 17.8. The summed E-state index contributed by atoms with van der Waals surface area (Å²) in [5.41, 5.74) is 0.456. The molecule has 1 rings (SSSR count). The van der Waals surface area contributed by atoms with Gasteiger partial charge in [0.2, 0.25) is 0 Å². The summed E-state index contributed by atoms with van der Waals surface area (Å²) in [4.78, 5) is 0. The van der Waals surface area contributed by atoms with E-state index in [0.717, 1.165) is 6.26 Å². The van der Waals surface area contributed by atoms with Crippen LogP contribution in [0.2, 0.25) is 5.02 Å². The minimum atomic E-state index is -3.44. The zero-order chi connectivity index (χ0) is 12.6. The molecule has 0 fully saturated rings. The summed E-state index contributed by atoms with van der Waals surface area (Å²) in [5, 5.41) is 10.5. The molecule has 0 bridgehead atoms. The van der Waals surface area contributed by atoms with Gasteiger partial charge in [0.15, 0.2) is 13.5 Å². The van der Waals surface area contributed by atoms with Crippen LogP contribution in [0.25, 0.3) is 0 Å². The van der Waals surface area contributed by atoms with Gasteiger partial charge in [0.1, 0.15) is 6.10 Å². The van der Waals surface area contributed by atoms with Crippen molar-refractivity contribution in [2.45, 2.75) is 16.7 Å². The first-order chi connectivity index (χ1) is 7.16. The molecule has 0 radical (unpaired) electrons. The monoisotopic (exact) mass is 326 g/mol. The number of hydrogen-bond donors (Lipinski definition) is 1. The highest BCUT2D eigenvalue weighted by atomic mass is 79.9. The summed E-state index contributed by atoms with van der Waals surface area (Å²) in [6, 6.07) is 6.48. The summed E-state index contributed by atoms with van der Waals surface area (Å²) in [7, 11) is -3.44. The second kappa shape index (κ2) is 4.64. The highest BCUT2D eigenvalue weighted by Gasteiger charge is 2.41. The summed E-state index contributed by atoms with van der Waals surface area (Å²) in [6.07, 6.45) is -0.114. The fourth-order valence-corrected chi connectivity index (χ4v) is 2.18. The lowest BCUT2D eigenvalue weighted by atomic mass is 10.1. The van der Waals surface area contributed by atoms with Crippen LogP contribution in [0.4, 0.5) is 0 Å². The summed E-state index contributed by atoms with van der Waals surface area (Å²) in [5.74, 6) is 0. The second-order valence-corrected chi connectivity index (χ2v) is 8.72. The molecule has 0 aliphatic rings. The van der Waals surface area contributed by atoms with Crippen molar-refractivity contribution in [1.82, 2.24) is 0 Å². The highest BCUT2D eigenvalue weighted by Crippen LogP contribution is 2.38. The molecule has 0 aliphatic heterocycles. The van der Waals surface area contributed by atoms with Crippen LogP contribution in [0.1, 0.15) is 18.6 Å². The van der Waals surface area contributed by atoms with Crippen molar-refractivity contribution in [2.75, 3.05) is 6.26 Å². The van der Waals surface area contributed by atoms with E-state index in [4.69, 9.17) is 11.6 Å². The topological polar surface area (TPSA) is 54.4 Å². The van der Waals surface area contributed by atoms with Crippen LogP contribution in [-0.2, 0) is 9.84 Å². The SMILES string of the molecule is C[C@](Br)([C@H](O)c1cccc(Cl)c1)S(C)(=O)=O. The van der Waals surface area contributed by atoms with E-state index in [1.807, 2.05) is 0 Å². The molecule has 3 nitrogen and oxygen atoms in total. The van der Waals surface area contributed by atoms with Crippen LogP contribution in [0.3, 0.4) is 0 Å². The molecule has 90 valence electrons. The van der Waals surface area contributed by atoms with E-state index in [9.17, 15) is 13.5 Å². The number of hydrogen-bond acceptors (Lipinski definition) is 3. The number of aliphatic hydroxyl groups excluding tert-OH is 1. The fraction of sp³-hybridized carbons (Fsp3) is 0.400. The maximum atomic E-state index is 11.5. The Balaban J connectivity index is 3.17. The summed E-state index contributed by atoms with van der Waals surface area (Å²) < 4.78 is 21.6. The lowest BCUT2D eigenvalue weighted by molar-refractivity contribution is 0.168. The van der Waals surface area contributed by atoms with Crippen LogP contribution >= 0.6 is 27.5 Å². The Bertz CT molecular complexity index is 485. The number of rotatable bonds is 3. The zero-order valence-corrected chi connectivity index (χ0v) is 12.0. The van der Waals surface area contributed by atoms with Crippen molar-refractivity contribution >= 4 is 37.4 Å². The molecule has 0 amide bonds. The van der Waals surface area contributed by atoms with Crippen molar-refractivity contribution in [1.29, 1.82) is 0 Å². The molecule has 1 N–H and O–H groups in total. The number of halogens is 2. The van der Waals surface area contributed by atoms with E-state index >= 15 is 0 Å².